The van der Waals surface area contributed by atoms with Crippen LogP contribution < -0.4 is 11.5 Å². The van der Waals surface area contributed by atoms with E-state index in [4.69, 9.17) is 16.2 Å². The number of aromatic amines is 1. The molecule has 1 heterocycles. The van der Waals surface area contributed by atoms with Crippen LogP contribution in [0.1, 0.15) is 5.82 Å². The van der Waals surface area contributed by atoms with Gasteiger partial charge in [0.1, 0.15) is 6.54 Å². The van der Waals surface area contributed by atoms with Crippen LogP contribution in [0, 0.1) is 0 Å². The molecule has 0 fully saturated rings. The molecule has 9 nitrogen and oxygen atoms in total. The number of nitrogens with two attached hydrogens (primary N) is 2. The molecule has 0 aromatic carbocycles. The van der Waals surface area contributed by atoms with Crippen LogP contribution in [0.5, 0.6) is 0 Å². The zero-order valence-electron chi connectivity index (χ0n) is 7.88. The summed E-state index contributed by atoms with van der Waals surface area (Å²) in [5.74, 6) is -0.179. The highest BCUT2D eigenvalue weighted by Crippen LogP contribution is 1.88. The largest absolute Gasteiger partial charge is 0.464 e. The average Bonchev–Trinajstić information content (AvgIpc) is 2.67. The Morgan fingerprint density at radius 3 is 2.93 bits per heavy atom. The van der Waals surface area contributed by atoms with E-state index < -0.39 is 5.97 Å². The lowest BCUT2D eigenvalue weighted by Gasteiger charge is -2.00. The number of carbonyl (C=O) groups excluding carboxylic acids is 1. The Morgan fingerprint density at radius 2 is 2.33 bits per heavy atom. The second kappa shape index (κ2) is 5.52. The number of hydrogen-bond acceptors (Lipinski definition) is 6. The van der Waals surface area contributed by atoms with Gasteiger partial charge in [0, 0.05) is 6.42 Å². The van der Waals surface area contributed by atoms with Gasteiger partial charge in [0.15, 0.2) is 11.8 Å². The van der Waals surface area contributed by atoms with Crippen LogP contribution in [0.15, 0.2) is 4.99 Å². The van der Waals surface area contributed by atoms with Crippen LogP contribution >= 0.6 is 0 Å². The standard InChI is InChI=1S/C6H11N7O2/c7-6(8)9-3-5(14)15-2-1-4-10-12-13-11-4/h1-3H2,(H4,7,8,9)(H,10,11,12,13). The SMILES string of the molecule is NC(N)=NCC(=O)OCCc1nn[nH]n1. The number of nitrogens with zero attached hydrogens (tertiary/aromatic N) is 4. The first-order valence-electron chi connectivity index (χ1n) is 4.12. The molecule has 9 heteroatoms. The molecule has 0 amide bonds. The first-order valence-corrected chi connectivity index (χ1v) is 4.12. The number of esters is 1. The average molecular weight is 213 g/mol. The van der Waals surface area contributed by atoms with E-state index in [1.165, 1.54) is 0 Å². The maximum Gasteiger partial charge on any atom is 0.327 e. The smallest absolute Gasteiger partial charge is 0.327 e. The summed E-state index contributed by atoms with van der Waals surface area (Å²) >= 11 is 0. The fourth-order valence-corrected chi connectivity index (χ4v) is 0.746. The lowest BCUT2D eigenvalue weighted by atomic mass is 10.4. The van der Waals surface area contributed by atoms with Crippen LogP contribution in [0.4, 0.5) is 0 Å². The first kappa shape index (κ1) is 10.9. The van der Waals surface area contributed by atoms with Gasteiger partial charge in [-0.1, -0.05) is 5.21 Å². The van der Waals surface area contributed by atoms with Gasteiger partial charge in [0.05, 0.1) is 6.61 Å². The summed E-state index contributed by atoms with van der Waals surface area (Å²) in [6.07, 6.45) is 0.393. The van der Waals surface area contributed by atoms with Crippen LogP contribution in [-0.4, -0.2) is 45.7 Å². The number of H-pyrrole nitrogens is 1. The summed E-state index contributed by atoms with van der Waals surface area (Å²) in [6.45, 7) is -0.0209. The third-order valence-electron chi connectivity index (χ3n) is 1.37. The highest BCUT2D eigenvalue weighted by Gasteiger charge is 2.03. The van der Waals surface area contributed by atoms with Gasteiger partial charge in [-0.25, -0.2) is 4.99 Å². The Morgan fingerprint density at radius 1 is 1.53 bits per heavy atom. The molecule has 0 spiro atoms. The number of hydrogen-bond donors (Lipinski definition) is 3. The van der Waals surface area contributed by atoms with Crippen molar-refractivity contribution in [1.29, 1.82) is 0 Å². The maximum absolute atomic E-state index is 11.0. The minimum Gasteiger partial charge on any atom is -0.464 e. The molecular formula is C6H11N7O2. The molecule has 0 bridgehead atoms. The fourth-order valence-electron chi connectivity index (χ4n) is 0.746. The monoisotopic (exact) mass is 213 g/mol. The third-order valence-corrected chi connectivity index (χ3v) is 1.37. The molecule has 0 aliphatic carbocycles. The number of tetrazole rings is 1. The Balaban J connectivity index is 2.15. The summed E-state index contributed by atoms with van der Waals surface area (Å²) in [5.41, 5.74) is 10.1. The molecule has 0 aliphatic rings. The summed E-state index contributed by atoms with van der Waals surface area (Å²) in [5, 5.41) is 13.0. The number of guanidine groups is 1. The molecule has 82 valence electrons. The van der Waals surface area contributed by atoms with E-state index in [2.05, 4.69) is 25.6 Å². The number of nitrogens with one attached hydrogen (secondary N) is 1. The van der Waals surface area contributed by atoms with Crippen molar-refractivity contribution in [2.24, 2.45) is 16.5 Å². The third kappa shape index (κ3) is 4.55. The molecule has 1 rings (SSSR count). The molecule has 1 aromatic heterocycles. The summed E-state index contributed by atoms with van der Waals surface area (Å²) in [4.78, 5) is 14.5. The van der Waals surface area contributed by atoms with Gasteiger partial charge in [0.2, 0.25) is 0 Å². The van der Waals surface area contributed by atoms with E-state index in [1.807, 2.05) is 0 Å². The van der Waals surface area contributed by atoms with Crippen LogP contribution in [0.25, 0.3) is 0 Å². The molecule has 1 aromatic rings. The van der Waals surface area contributed by atoms with Crippen LogP contribution in [0.2, 0.25) is 0 Å². The zero-order valence-corrected chi connectivity index (χ0v) is 7.88. The molecule has 0 atom stereocenters. The normalized spacial score (nSPS) is 9.60. The van der Waals surface area contributed by atoms with Gasteiger partial charge in [-0.15, -0.1) is 10.2 Å². The number of aliphatic imine (C=N–C) groups is 1. The van der Waals surface area contributed by atoms with Gasteiger partial charge in [-0.2, -0.15) is 5.21 Å². The summed E-state index contributed by atoms with van der Waals surface area (Å²) < 4.78 is 4.79. The topological polar surface area (TPSA) is 145 Å². The highest BCUT2D eigenvalue weighted by atomic mass is 16.5. The first-order chi connectivity index (χ1) is 7.18. The van der Waals surface area contributed by atoms with Gasteiger partial charge in [-0.3, -0.25) is 4.79 Å². The minimum atomic E-state index is -0.508. The minimum absolute atomic E-state index is 0.148. The predicted octanol–water partition coefficient (Wildman–Crippen LogP) is -2.44. The molecule has 0 saturated carbocycles. The Kier molecular flexibility index (Phi) is 4.01. The number of carbonyl (C=O) groups is 1. The lowest BCUT2D eigenvalue weighted by Crippen LogP contribution is -2.24. The van der Waals surface area contributed by atoms with Crippen molar-refractivity contribution in [3.63, 3.8) is 0 Å². The number of ether oxygens (including phenoxy) is 1. The molecule has 5 N–H and O–H groups in total. The second-order valence-electron chi connectivity index (χ2n) is 2.54. The van der Waals surface area contributed by atoms with Crippen molar-refractivity contribution in [2.75, 3.05) is 13.2 Å². The fraction of sp³-hybridized carbons (Fsp3) is 0.500. The highest BCUT2D eigenvalue weighted by molar-refractivity contribution is 5.80. The zero-order chi connectivity index (χ0) is 11.1. The van der Waals surface area contributed by atoms with E-state index in [0.717, 1.165) is 0 Å². The van der Waals surface area contributed by atoms with Gasteiger partial charge >= 0.3 is 5.97 Å². The molecule has 0 unspecified atom stereocenters. The number of rotatable bonds is 5. The molecule has 0 radical (unpaired) electrons. The molecule has 0 saturated heterocycles. The van der Waals surface area contributed by atoms with E-state index in [0.29, 0.717) is 12.2 Å². The van der Waals surface area contributed by atoms with E-state index >= 15 is 0 Å². The van der Waals surface area contributed by atoms with Crippen LogP contribution in [0.3, 0.4) is 0 Å². The van der Waals surface area contributed by atoms with E-state index in [-0.39, 0.29) is 19.1 Å². The quantitative estimate of drug-likeness (QED) is 0.280. The molecular weight excluding hydrogens is 202 g/mol. The van der Waals surface area contributed by atoms with Crippen molar-refractivity contribution >= 4 is 11.9 Å². The molecule has 0 aliphatic heterocycles. The molecule has 15 heavy (non-hydrogen) atoms. The van der Waals surface area contributed by atoms with Crippen molar-refractivity contribution in [2.45, 2.75) is 6.42 Å². The van der Waals surface area contributed by atoms with Crippen molar-refractivity contribution in [3.8, 4) is 0 Å². The van der Waals surface area contributed by atoms with Crippen molar-refractivity contribution in [3.05, 3.63) is 5.82 Å². The van der Waals surface area contributed by atoms with E-state index in [9.17, 15) is 4.79 Å². The van der Waals surface area contributed by atoms with Gasteiger partial charge in [-0.05, 0) is 0 Å². The Labute approximate surface area is 84.9 Å². The van der Waals surface area contributed by atoms with Crippen molar-refractivity contribution < 1.29 is 9.53 Å². The van der Waals surface area contributed by atoms with Gasteiger partial charge < -0.3 is 16.2 Å². The van der Waals surface area contributed by atoms with Crippen LogP contribution in [-0.2, 0) is 16.0 Å². The second-order valence-corrected chi connectivity index (χ2v) is 2.54. The number of aromatic nitrogens is 4. The predicted molar refractivity (Wildman–Crippen MR) is 49.5 cm³/mol. The summed E-state index contributed by atoms with van der Waals surface area (Å²) in [6, 6.07) is 0. The maximum atomic E-state index is 11.0. The van der Waals surface area contributed by atoms with Gasteiger partial charge in [0.25, 0.3) is 0 Å². The van der Waals surface area contributed by atoms with E-state index in [1.54, 1.807) is 0 Å². The Hall–Kier alpha value is -2.19. The van der Waals surface area contributed by atoms with Crippen molar-refractivity contribution in [1.82, 2.24) is 20.6 Å². The summed E-state index contributed by atoms with van der Waals surface area (Å²) in [7, 11) is 0. The lowest BCUT2D eigenvalue weighted by molar-refractivity contribution is -0.141. The Bertz CT molecular complexity index is 329.